The summed E-state index contributed by atoms with van der Waals surface area (Å²) in [6.45, 7) is 1.16. The highest BCUT2D eigenvalue weighted by molar-refractivity contribution is 7.11. The average Bonchev–Trinajstić information content (AvgIpc) is 2.94. The summed E-state index contributed by atoms with van der Waals surface area (Å²) in [4.78, 5) is 18.1. The van der Waals surface area contributed by atoms with Crippen molar-refractivity contribution >= 4 is 17.2 Å². The van der Waals surface area contributed by atoms with Gasteiger partial charge in [0.2, 0.25) is 0 Å². The van der Waals surface area contributed by atoms with Crippen LogP contribution in [0.5, 0.6) is 10.9 Å². The van der Waals surface area contributed by atoms with Crippen LogP contribution in [0.4, 0.5) is 0 Å². The van der Waals surface area contributed by atoms with Crippen LogP contribution in [0.25, 0.3) is 0 Å². The number of ether oxygens (including phenoxy) is 2. The van der Waals surface area contributed by atoms with Crippen LogP contribution in [-0.2, 0) is 0 Å². The number of amides is 1. The number of nitrogens with zero attached hydrogens (tertiary/aromatic N) is 2. The summed E-state index contributed by atoms with van der Waals surface area (Å²) in [6.07, 6.45) is 1.73. The number of hydrogen-bond donors (Lipinski definition) is 0. The van der Waals surface area contributed by atoms with Gasteiger partial charge in [-0.05, 0) is 12.1 Å². The molecule has 2 aromatic rings. The quantitative estimate of drug-likeness (QED) is 0.865. The number of likely N-dealkylation sites (tertiary alicyclic amines) is 1. The first-order valence-corrected chi connectivity index (χ1v) is 7.14. The molecule has 5 nitrogen and oxygen atoms in total. The van der Waals surface area contributed by atoms with Gasteiger partial charge in [-0.1, -0.05) is 23.5 Å². The van der Waals surface area contributed by atoms with Crippen LogP contribution in [0.2, 0.25) is 0 Å². The molecule has 0 unspecified atom stereocenters. The van der Waals surface area contributed by atoms with Crippen LogP contribution >= 0.6 is 11.3 Å². The topological polar surface area (TPSA) is 51.7 Å². The van der Waals surface area contributed by atoms with E-state index in [0.29, 0.717) is 29.6 Å². The van der Waals surface area contributed by atoms with Gasteiger partial charge in [0.25, 0.3) is 11.1 Å². The molecule has 6 heteroatoms. The van der Waals surface area contributed by atoms with Crippen molar-refractivity contribution in [3.8, 4) is 10.9 Å². The van der Waals surface area contributed by atoms with Gasteiger partial charge in [-0.3, -0.25) is 4.79 Å². The van der Waals surface area contributed by atoms with E-state index in [2.05, 4.69) is 4.98 Å². The molecule has 20 heavy (non-hydrogen) atoms. The number of thiazole rings is 1. The molecule has 1 amide bonds. The van der Waals surface area contributed by atoms with E-state index in [1.54, 1.807) is 30.3 Å². The van der Waals surface area contributed by atoms with Crippen LogP contribution in [0.3, 0.4) is 0 Å². The number of aromatic nitrogens is 1. The summed E-state index contributed by atoms with van der Waals surface area (Å²) in [5, 5.41) is 2.52. The van der Waals surface area contributed by atoms with Crippen molar-refractivity contribution in [3.05, 3.63) is 41.4 Å². The van der Waals surface area contributed by atoms with Gasteiger partial charge in [0.05, 0.1) is 25.8 Å². The summed E-state index contributed by atoms with van der Waals surface area (Å²) >= 11 is 1.46. The second-order valence-electron chi connectivity index (χ2n) is 4.45. The number of benzene rings is 1. The molecule has 3 rings (SSSR count). The second-order valence-corrected chi connectivity index (χ2v) is 5.31. The molecule has 1 aliphatic rings. The second kappa shape index (κ2) is 5.50. The van der Waals surface area contributed by atoms with E-state index >= 15 is 0 Å². The third-order valence-electron chi connectivity index (χ3n) is 3.15. The Bertz CT molecular complexity index is 594. The van der Waals surface area contributed by atoms with Gasteiger partial charge in [0.15, 0.2) is 0 Å². The summed E-state index contributed by atoms with van der Waals surface area (Å²) in [6, 6.07) is 7.24. The number of carbonyl (C=O) groups is 1. The largest absolute Gasteiger partial charge is 0.496 e. The van der Waals surface area contributed by atoms with E-state index in [-0.39, 0.29) is 12.0 Å². The average molecular weight is 290 g/mol. The van der Waals surface area contributed by atoms with Gasteiger partial charge >= 0.3 is 0 Å². The summed E-state index contributed by atoms with van der Waals surface area (Å²) in [5.74, 6) is 0.572. The maximum Gasteiger partial charge on any atom is 0.273 e. The predicted octanol–water partition coefficient (Wildman–Crippen LogP) is 2.06. The van der Waals surface area contributed by atoms with Crippen molar-refractivity contribution in [1.29, 1.82) is 0 Å². The lowest BCUT2D eigenvalue weighted by molar-refractivity contribution is 0.0175. The molecule has 1 aromatic carbocycles. The highest BCUT2D eigenvalue weighted by atomic mass is 32.1. The van der Waals surface area contributed by atoms with Crippen molar-refractivity contribution in [3.63, 3.8) is 0 Å². The molecule has 0 atom stereocenters. The molecule has 0 bridgehead atoms. The van der Waals surface area contributed by atoms with E-state index in [9.17, 15) is 4.79 Å². The fraction of sp³-hybridized carbons (Fsp3) is 0.286. The van der Waals surface area contributed by atoms with Crippen molar-refractivity contribution in [2.45, 2.75) is 6.10 Å². The molecule has 104 valence electrons. The van der Waals surface area contributed by atoms with E-state index in [4.69, 9.17) is 9.47 Å². The summed E-state index contributed by atoms with van der Waals surface area (Å²) < 4.78 is 10.9. The highest BCUT2D eigenvalue weighted by Gasteiger charge is 2.34. The maximum absolute atomic E-state index is 12.3. The van der Waals surface area contributed by atoms with Crippen LogP contribution in [0, 0.1) is 0 Å². The molecular formula is C14H14N2O3S. The number of para-hydroxylation sites is 1. The van der Waals surface area contributed by atoms with E-state index in [1.165, 1.54) is 11.3 Å². The minimum absolute atomic E-state index is 0.0264. The standard InChI is InChI=1S/C14H14N2O3S/c1-18-12-5-3-2-4-11(12)13(17)16-8-10(9-16)19-14-15-6-7-20-14/h2-7,10H,8-9H2,1H3. The van der Waals surface area contributed by atoms with Gasteiger partial charge in [-0.15, -0.1) is 0 Å². The lowest BCUT2D eigenvalue weighted by Gasteiger charge is -2.38. The predicted molar refractivity (Wildman–Crippen MR) is 75.4 cm³/mol. The minimum atomic E-state index is -0.0264. The maximum atomic E-state index is 12.3. The SMILES string of the molecule is COc1ccccc1C(=O)N1CC(Oc2nccs2)C1. The van der Waals surface area contributed by atoms with E-state index in [1.807, 2.05) is 17.5 Å². The van der Waals surface area contributed by atoms with Gasteiger partial charge in [0.1, 0.15) is 11.9 Å². The summed E-state index contributed by atoms with van der Waals surface area (Å²) in [5.41, 5.74) is 0.586. The highest BCUT2D eigenvalue weighted by Crippen LogP contribution is 2.24. The summed E-state index contributed by atoms with van der Waals surface area (Å²) in [7, 11) is 1.57. The zero-order valence-corrected chi connectivity index (χ0v) is 11.8. The van der Waals surface area contributed by atoms with Crippen LogP contribution in [0.15, 0.2) is 35.8 Å². The minimum Gasteiger partial charge on any atom is -0.496 e. The lowest BCUT2D eigenvalue weighted by atomic mass is 10.1. The Morgan fingerprint density at radius 1 is 1.40 bits per heavy atom. The molecule has 1 fully saturated rings. The van der Waals surface area contributed by atoms with Crippen molar-refractivity contribution < 1.29 is 14.3 Å². The number of hydrogen-bond acceptors (Lipinski definition) is 5. The van der Waals surface area contributed by atoms with Gasteiger partial charge < -0.3 is 14.4 Å². The third-order valence-corrected chi connectivity index (χ3v) is 3.81. The normalized spacial score (nSPS) is 14.8. The first-order valence-electron chi connectivity index (χ1n) is 6.26. The Labute approximate surface area is 120 Å². The first-order chi connectivity index (χ1) is 9.78. The number of methoxy groups -OCH3 is 1. The molecule has 0 N–H and O–H groups in total. The molecule has 0 spiro atoms. The van der Waals surface area contributed by atoms with E-state index < -0.39 is 0 Å². The first kappa shape index (κ1) is 12.9. The Balaban J connectivity index is 1.60. The van der Waals surface area contributed by atoms with Crippen molar-refractivity contribution in [2.24, 2.45) is 0 Å². The molecule has 1 aliphatic heterocycles. The smallest absolute Gasteiger partial charge is 0.273 e. The van der Waals surface area contributed by atoms with Gasteiger partial charge in [0, 0.05) is 11.6 Å². The Morgan fingerprint density at radius 3 is 2.90 bits per heavy atom. The molecule has 1 aromatic heterocycles. The van der Waals surface area contributed by atoms with Crippen molar-refractivity contribution in [1.82, 2.24) is 9.88 Å². The third kappa shape index (κ3) is 2.46. The van der Waals surface area contributed by atoms with E-state index in [0.717, 1.165) is 0 Å². The number of rotatable bonds is 4. The molecule has 2 heterocycles. The van der Waals surface area contributed by atoms with Crippen LogP contribution < -0.4 is 9.47 Å². The Morgan fingerprint density at radius 2 is 2.20 bits per heavy atom. The molecule has 0 aliphatic carbocycles. The Hall–Kier alpha value is -2.08. The fourth-order valence-corrected chi connectivity index (χ4v) is 2.63. The zero-order valence-electron chi connectivity index (χ0n) is 11.0. The molecular weight excluding hydrogens is 276 g/mol. The van der Waals surface area contributed by atoms with Crippen LogP contribution in [-0.4, -0.2) is 42.1 Å². The fourth-order valence-electron chi connectivity index (χ4n) is 2.08. The molecule has 1 saturated heterocycles. The Kier molecular flexibility index (Phi) is 3.56. The monoisotopic (exact) mass is 290 g/mol. The lowest BCUT2D eigenvalue weighted by Crippen LogP contribution is -2.56. The van der Waals surface area contributed by atoms with Gasteiger partial charge in [-0.2, -0.15) is 0 Å². The molecule has 0 saturated carbocycles. The van der Waals surface area contributed by atoms with Crippen molar-refractivity contribution in [2.75, 3.05) is 20.2 Å². The number of carbonyl (C=O) groups excluding carboxylic acids is 1. The van der Waals surface area contributed by atoms with Gasteiger partial charge in [-0.25, -0.2) is 4.98 Å². The van der Waals surface area contributed by atoms with Crippen LogP contribution in [0.1, 0.15) is 10.4 Å². The zero-order chi connectivity index (χ0) is 13.9. The molecule has 0 radical (unpaired) electrons.